The second kappa shape index (κ2) is 12.2. The fourth-order valence-corrected chi connectivity index (χ4v) is 3.97. The Balaban J connectivity index is 0.00000280. The van der Waals surface area contributed by atoms with Gasteiger partial charge in [0.15, 0.2) is 5.96 Å². The molecule has 1 aromatic carbocycles. The average molecular weight is 514 g/mol. The van der Waals surface area contributed by atoms with Gasteiger partial charge >= 0.3 is 0 Å². The van der Waals surface area contributed by atoms with E-state index < -0.39 is 0 Å². The summed E-state index contributed by atoms with van der Waals surface area (Å²) in [6, 6.07) is 13.0. The molecule has 1 aromatic heterocycles. The summed E-state index contributed by atoms with van der Waals surface area (Å²) in [5.74, 6) is 1.82. The molecule has 1 aliphatic heterocycles. The lowest BCUT2D eigenvalue weighted by Crippen LogP contribution is -2.48. The summed E-state index contributed by atoms with van der Waals surface area (Å²) in [6.45, 7) is 5.82. The summed E-state index contributed by atoms with van der Waals surface area (Å²) in [4.78, 5) is 6.83. The van der Waals surface area contributed by atoms with Crippen LogP contribution in [-0.2, 0) is 0 Å². The molecule has 1 aliphatic rings. The Labute approximate surface area is 189 Å². The minimum Gasteiger partial charge on any atom is -0.494 e. The van der Waals surface area contributed by atoms with Crippen molar-refractivity contribution in [2.24, 2.45) is 4.99 Å². The molecule has 154 valence electrons. The molecule has 3 rings (SSSR count). The van der Waals surface area contributed by atoms with E-state index in [9.17, 15) is 0 Å². The van der Waals surface area contributed by atoms with Crippen molar-refractivity contribution in [3.63, 3.8) is 0 Å². The molecule has 2 heterocycles. The van der Waals surface area contributed by atoms with Crippen LogP contribution in [0.15, 0.2) is 46.8 Å². The van der Waals surface area contributed by atoms with E-state index in [0.29, 0.717) is 12.6 Å². The summed E-state index contributed by atoms with van der Waals surface area (Å²) in [5, 5.41) is 10.5. The van der Waals surface area contributed by atoms with Crippen LogP contribution in [0, 0.1) is 6.92 Å². The van der Waals surface area contributed by atoms with E-state index in [1.807, 2.05) is 30.5 Å². The molecule has 1 saturated heterocycles. The molecule has 2 aromatic rings. The summed E-state index contributed by atoms with van der Waals surface area (Å²) in [6.07, 6.45) is 3.20. The number of rotatable bonds is 7. The zero-order chi connectivity index (χ0) is 18.9. The zero-order valence-electron chi connectivity index (χ0n) is 16.7. The molecule has 2 N–H and O–H groups in total. The molecule has 0 bridgehead atoms. The molecule has 0 spiro atoms. The first-order valence-electron chi connectivity index (χ1n) is 9.69. The Hall–Kier alpha value is -1.48. The standard InChI is InChI=1S/C21H30N4OS.HI/c1-17-6-8-19(9-7-17)26-15-4-12-23-21(22-2)24-18-10-13-25(14-11-18)20-5-3-16-27-20;/h3,5-9,16,18H,4,10-15H2,1-2H3,(H2,22,23,24);1H. The number of thiophene rings is 1. The van der Waals surface area contributed by atoms with E-state index in [1.54, 1.807) is 0 Å². The van der Waals surface area contributed by atoms with Crippen LogP contribution in [-0.4, -0.2) is 45.3 Å². The summed E-state index contributed by atoms with van der Waals surface area (Å²) in [5.41, 5.74) is 1.25. The van der Waals surface area contributed by atoms with Gasteiger partial charge in [0.05, 0.1) is 11.6 Å². The number of hydrogen-bond donors (Lipinski definition) is 2. The Morgan fingerprint density at radius 1 is 1.21 bits per heavy atom. The van der Waals surface area contributed by atoms with Crippen molar-refractivity contribution < 1.29 is 4.74 Å². The highest BCUT2D eigenvalue weighted by molar-refractivity contribution is 14.0. The molecule has 0 atom stereocenters. The average Bonchev–Trinajstić information content (AvgIpc) is 3.23. The zero-order valence-corrected chi connectivity index (χ0v) is 19.8. The molecule has 7 heteroatoms. The lowest BCUT2D eigenvalue weighted by atomic mass is 10.1. The van der Waals surface area contributed by atoms with Crippen LogP contribution in [0.1, 0.15) is 24.8 Å². The largest absolute Gasteiger partial charge is 0.494 e. The van der Waals surface area contributed by atoms with Crippen LogP contribution >= 0.6 is 35.3 Å². The SMILES string of the molecule is CN=C(NCCCOc1ccc(C)cc1)NC1CCN(c2cccs2)CC1.I. The van der Waals surface area contributed by atoms with Crippen LogP contribution in [0.3, 0.4) is 0 Å². The van der Waals surface area contributed by atoms with Gasteiger partial charge in [-0.3, -0.25) is 4.99 Å². The second-order valence-corrected chi connectivity index (χ2v) is 7.80. The van der Waals surface area contributed by atoms with Gasteiger partial charge in [0.1, 0.15) is 5.75 Å². The first-order valence-corrected chi connectivity index (χ1v) is 10.6. The molecule has 0 unspecified atom stereocenters. The molecule has 0 amide bonds. The highest BCUT2D eigenvalue weighted by Crippen LogP contribution is 2.24. The van der Waals surface area contributed by atoms with Gasteiger partial charge in [0, 0.05) is 32.7 Å². The number of nitrogens with zero attached hydrogens (tertiary/aromatic N) is 2. The number of ether oxygens (including phenoxy) is 1. The molecular formula is C21H31IN4OS. The van der Waals surface area contributed by atoms with E-state index in [1.165, 1.54) is 10.6 Å². The topological polar surface area (TPSA) is 48.9 Å². The quantitative estimate of drug-likeness (QED) is 0.251. The van der Waals surface area contributed by atoms with Gasteiger partial charge in [0.25, 0.3) is 0 Å². The van der Waals surface area contributed by atoms with E-state index >= 15 is 0 Å². The maximum absolute atomic E-state index is 5.77. The summed E-state index contributed by atoms with van der Waals surface area (Å²) >= 11 is 1.82. The molecule has 0 aliphatic carbocycles. The number of benzene rings is 1. The fourth-order valence-electron chi connectivity index (χ4n) is 3.19. The predicted octanol–water partition coefficient (Wildman–Crippen LogP) is 4.28. The fraction of sp³-hybridized carbons (Fsp3) is 0.476. The van der Waals surface area contributed by atoms with Crippen molar-refractivity contribution in [3.8, 4) is 5.75 Å². The van der Waals surface area contributed by atoms with Gasteiger partial charge in [-0.25, -0.2) is 0 Å². The lowest BCUT2D eigenvalue weighted by molar-refractivity contribution is 0.311. The predicted molar refractivity (Wildman–Crippen MR) is 131 cm³/mol. The highest BCUT2D eigenvalue weighted by Gasteiger charge is 2.20. The van der Waals surface area contributed by atoms with Gasteiger partial charge in [0.2, 0.25) is 0 Å². The molecule has 0 radical (unpaired) electrons. The first kappa shape index (κ1) is 22.8. The van der Waals surface area contributed by atoms with Gasteiger partial charge in [-0.05, 0) is 55.8 Å². The van der Waals surface area contributed by atoms with Gasteiger partial charge in [-0.2, -0.15) is 0 Å². The number of hydrogen-bond acceptors (Lipinski definition) is 4. The first-order chi connectivity index (χ1) is 13.2. The van der Waals surface area contributed by atoms with E-state index in [2.05, 4.69) is 57.1 Å². The van der Waals surface area contributed by atoms with Gasteiger partial charge in [-0.1, -0.05) is 17.7 Å². The van der Waals surface area contributed by atoms with Crippen LogP contribution in [0.4, 0.5) is 5.00 Å². The summed E-state index contributed by atoms with van der Waals surface area (Å²) < 4.78 is 5.77. The Morgan fingerprint density at radius 2 is 1.96 bits per heavy atom. The highest BCUT2D eigenvalue weighted by atomic mass is 127. The Kier molecular flexibility index (Phi) is 9.91. The minimum atomic E-state index is 0. The second-order valence-electron chi connectivity index (χ2n) is 6.87. The number of anilines is 1. The molecular weight excluding hydrogens is 483 g/mol. The number of aryl methyl sites for hydroxylation is 1. The molecule has 28 heavy (non-hydrogen) atoms. The van der Waals surface area contributed by atoms with Crippen LogP contribution < -0.4 is 20.3 Å². The molecule has 5 nitrogen and oxygen atoms in total. The number of halogens is 1. The maximum atomic E-state index is 5.77. The maximum Gasteiger partial charge on any atom is 0.191 e. The Bertz CT molecular complexity index is 698. The van der Waals surface area contributed by atoms with Crippen LogP contribution in [0.25, 0.3) is 0 Å². The van der Waals surface area contributed by atoms with Crippen LogP contribution in [0.5, 0.6) is 5.75 Å². The number of aliphatic imine (C=N–C) groups is 1. The molecule has 1 fully saturated rings. The van der Waals surface area contributed by atoms with Gasteiger partial charge < -0.3 is 20.3 Å². The van der Waals surface area contributed by atoms with Crippen molar-refractivity contribution in [2.45, 2.75) is 32.2 Å². The minimum absolute atomic E-state index is 0. The van der Waals surface area contributed by atoms with E-state index in [0.717, 1.165) is 50.6 Å². The van der Waals surface area contributed by atoms with Crippen molar-refractivity contribution in [1.29, 1.82) is 0 Å². The van der Waals surface area contributed by atoms with Crippen molar-refractivity contribution >= 4 is 46.3 Å². The summed E-state index contributed by atoms with van der Waals surface area (Å²) in [7, 11) is 1.83. The third kappa shape index (κ3) is 7.16. The number of guanidine groups is 1. The van der Waals surface area contributed by atoms with Crippen LogP contribution in [0.2, 0.25) is 0 Å². The van der Waals surface area contributed by atoms with Gasteiger partial charge in [-0.15, -0.1) is 35.3 Å². The number of nitrogens with one attached hydrogen (secondary N) is 2. The smallest absolute Gasteiger partial charge is 0.191 e. The molecule has 0 saturated carbocycles. The Morgan fingerprint density at radius 3 is 2.61 bits per heavy atom. The lowest BCUT2D eigenvalue weighted by Gasteiger charge is -2.33. The van der Waals surface area contributed by atoms with E-state index in [4.69, 9.17) is 4.74 Å². The number of piperidine rings is 1. The van der Waals surface area contributed by atoms with E-state index in [-0.39, 0.29) is 24.0 Å². The third-order valence-electron chi connectivity index (χ3n) is 4.78. The van der Waals surface area contributed by atoms with Crippen molar-refractivity contribution in [2.75, 3.05) is 38.2 Å². The monoisotopic (exact) mass is 514 g/mol. The van der Waals surface area contributed by atoms with Crippen molar-refractivity contribution in [3.05, 3.63) is 47.3 Å². The van der Waals surface area contributed by atoms with Crippen molar-refractivity contribution in [1.82, 2.24) is 10.6 Å². The normalized spacial score (nSPS) is 15.1. The third-order valence-corrected chi connectivity index (χ3v) is 5.71.